The summed E-state index contributed by atoms with van der Waals surface area (Å²) < 4.78 is 0. The Labute approximate surface area is 201 Å². The van der Waals surface area contributed by atoms with Gasteiger partial charge in [-0.25, -0.2) is 0 Å². The van der Waals surface area contributed by atoms with Crippen LogP contribution in [0.15, 0.2) is 59.8 Å². The van der Waals surface area contributed by atoms with Gasteiger partial charge in [0.05, 0.1) is 17.0 Å². The van der Waals surface area contributed by atoms with Crippen LogP contribution in [-0.2, 0) is 15.3 Å². The SMILES string of the molecule is Cc1ccc(C2C3=C(CCCC3=O)NC3NC(SCc4ccc([N+](=O)[O-])cc4)NC(=O)C32)cc1. The van der Waals surface area contributed by atoms with Crippen LogP contribution in [0.3, 0.4) is 0 Å². The number of fused-ring (bicyclic) bond motifs is 1. The number of nitro benzene ring substituents is 1. The number of ketones is 1. The standard InChI is InChI=1S/C25H26N4O4S/c1-14-5-9-16(10-6-14)20-21-18(3-2-4-19(21)30)26-23-22(20)24(31)28-25(27-23)34-13-15-7-11-17(12-8-15)29(32)33/h5-12,20,22-23,25-27H,2-4,13H2,1H3,(H,28,31). The molecule has 0 saturated carbocycles. The number of benzene rings is 2. The summed E-state index contributed by atoms with van der Waals surface area (Å²) in [6, 6.07) is 14.5. The molecule has 1 fully saturated rings. The Balaban J connectivity index is 1.37. The van der Waals surface area contributed by atoms with Gasteiger partial charge in [-0.1, -0.05) is 42.0 Å². The van der Waals surface area contributed by atoms with Crippen LogP contribution in [0.2, 0.25) is 0 Å². The lowest BCUT2D eigenvalue weighted by molar-refractivity contribution is -0.384. The lowest BCUT2D eigenvalue weighted by atomic mass is 9.70. The molecule has 1 amide bonds. The van der Waals surface area contributed by atoms with Crippen LogP contribution in [0.5, 0.6) is 0 Å². The van der Waals surface area contributed by atoms with Crippen molar-refractivity contribution in [3.8, 4) is 0 Å². The van der Waals surface area contributed by atoms with Gasteiger partial charge < -0.3 is 10.6 Å². The lowest BCUT2D eigenvalue weighted by Crippen LogP contribution is -2.67. The van der Waals surface area contributed by atoms with Gasteiger partial charge in [-0.3, -0.25) is 25.0 Å². The van der Waals surface area contributed by atoms with Crippen LogP contribution < -0.4 is 16.0 Å². The molecule has 2 aromatic rings. The van der Waals surface area contributed by atoms with Gasteiger partial charge in [0.25, 0.3) is 5.69 Å². The monoisotopic (exact) mass is 478 g/mol. The largest absolute Gasteiger partial charge is 0.372 e. The van der Waals surface area contributed by atoms with Crippen LogP contribution in [0.4, 0.5) is 5.69 Å². The molecule has 2 aromatic carbocycles. The minimum atomic E-state index is -0.445. The highest BCUT2D eigenvalue weighted by atomic mass is 32.2. The molecule has 0 radical (unpaired) electrons. The van der Waals surface area contributed by atoms with Crippen molar-refractivity contribution < 1.29 is 14.5 Å². The van der Waals surface area contributed by atoms with Crippen LogP contribution in [-0.4, -0.2) is 28.3 Å². The van der Waals surface area contributed by atoms with Crippen molar-refractivity contribution in [3.05, 3.63) is 86.6 Å². The third-order valence-electron chi connectivity index (χ3n) is 6.72. The summed E-state index contributed by atoms with van der Waals surface area (Å²) in [5, 5.41) is 20.9. The molecule has 34 heavy (non-hydrogen) atoms. The first-order valence-electron chi connectivity index (χ1n) is 11.4. The van der Waals surface area contributed by atoms with Gasteiger partial charge in [0, 0.05) is 41.5 Å². The van der Waals surface area contributed by atoms with E-state index in [1.54, 1.807) is 12.1 Å². The zero-order valence-electron chi connectivity index (χ0n) is 18.7. The Morgan fingerprint density at radius 1 is 1.03 bits per heavy atom. The molecule has 5 rings (SSSR count). The van der Waals surface area contributed by atoms with E-state index in [0.29, 0.717) is 12.2 Å². The molecule has 9 heteroatoms. The second-order valence-corrected chi connectivity index (χ2v) is 10.1. The molecule has 2 heterocycles. The molecule has 0 bridgehead atoms. The number of nitro groups is 1. The van der Waals surface area contributed by atoms with E-state index in [4.69, 9.17) is 0 Å². The minimum absolute atomic E-state index is 0.0559. The summed E-state index contributed by atoms with van der Waals surface area (Å²) in [5.74, 6) is -0.114. The third kappa shape index (κ3) is 4.33. The summed E-state index contributed by atoms with van der Waals surface area (Å²) in [7, 11) is 0. The van der Waals surface area contributed by atoms with E-state index in [1.165, 1.54) is 23.9 Å². The summed E-state index contributed by atoms with van der Waals surface area (Å²) in [4.78, 5) is 36.8. The number of carbonyl (C=O) groups excluding carboxylic acids is 2. The molecule has 0 aromatic heterocycles. The Morgan fingerprint density at radius 2 is 1.76 bits per heavy atom. The maximum atomic E-state index is 13.4. The van der Waals surface area contributed by atoms with E-state index < -0.39 is 10.8 Å². The molecule has 2 aliphatic heterocycles. The number of allylic oxidation sites excluding steroid dienone is 2. The average Bonchev–Trinajstić information content (AvgIpc) is 2.82. The molecular formula is C25H26N4O4S. The first-order valence-corrected chi connectivity index (χ1v) is 12.5. The predicted molar refractivity (Wildman–Crippen MR) is 130 cm³/mol. The maximum Gasteiger partial charge on any atom is 0.269 e. The molecule has 3 N–H and O–H groups in total. The Morgan fingerprint density at radius 3 is 2.47 bits per heavy atom. The third-order valence-corrected chi connectivity index (χ3v) is 7.81. The Bertz CT molecular complexity index is 1160. The van der Waals surface area contributed by atoms with Crippen molar-refractivity contribution in [2.75, 3.05) is 0 Å². The lowest BCUT2D eigenvalue weighted by Gasteiger charge is -2.47. The second-order valence-electron chi connectivity index (χ2n) is 8.99. The summed E-state index contributed by atoms with van der Waals surface area (Å²) in [6.45, 7) is 2.02. The van der Waals surface area contributed by atoms with E-state index in [1.807, 2.05) is 31.2 Å². The zero-order chi connectivity index (χ0) is 23.8. The number of rotatable bonds is 5. The molecule has 8 nitrogen and oxygen atoms in total. The highest BCUT2D eigenvalue weighted by Gasteiger charge is 2.49. The number of thioether (sulfide) groups is 1. The first-order chi connectivity index (χ1) is 16.4. The first kappa shape index (κ1) is 22.6. The maximum absolute atomic E-state index is 13.4. The van der Waals surface area contributed by atoms with Gasteiger partial charge in [-0.2, -0.15) is 0 Å². The summed E-state index contributed by atoms with van der Waals surface area (Å²) in [5.41, 5.74) is 4.49. The number of non-ortho nitro benzene ring substituents is 1. The molecule has 4 unspecified atom stereocenters. The smallest absolute Gasteiger partial charge is 0.269 e. The van der Waals surface area contributed by atoms with Crippen molar-refractivity contribution >= 4 is 29.1 Å². The highest BCUT2D eigenvalue weighted by Crippen LogP contribution is 2.43. The number of Topliss-reactive ketones (excluding diaryl/α,β-unsaturated/α-hetero) is 1. The number of nitrogens with one attached hydrogen (secondary N) is 3. The number of aryl methyl sites for hydroxylation is 1. The Hall–Kier alpha value is -3.17. The van der Waals surface area contributed by atoms with E-state index in [0.717, 1.165) is 40.8 Å². The molecule has 1 aliphatic carbocycles. The van der Waals surface area contributed by atoms with Crippen LogP contribution in [0.25, 0.3) is 0 Å². The Kier molecular flexibility index (Phi) is 6.14. The minimum Gasteiger partial charge on any atom is -0.372 e. The van der Waals surface area contributed by atoms with Crippen molar-refractivity contribution in [1.82, 2.24) is 16.0 Å². The quantitative estimate of drug-likeness (QED) is 0.445. The fraction of sp³-hybridized carbons (Fsp3) is 0.360. The van der Waals surface area contributed by atoms with Gasteiger partial charge in [-0.05, 0) is 30.9 Å². The van der Waals surface area contributed by atoms with Crippen LogP contribution >= 0.6 is 11.8 Å². The van der Waals surface area contributed by atoms with Gasteiger partial charge in [-0.15, -0.1) is 11.8 Å². The van der Waals surface area contributed by atoms with E-state index in [9.17, 15) is 19.7 Å². The molecule has 176 valence electrons. The summed E-state index contributed by atoms with van der Waals surface area (Å²) >= 11 is 1.52. The topological polar surface area (TPSA) is 113 Å². The fourth-order valence-electron chi connectivity index (χ4n) is 5.03. The normalized spacial score (nSPS) is 26.3. The molecule has 3 aliphatic rings. The number of nitrogens with zero attached hydrogens (tertiary/aromatic N) is 1. The van der Waals surface area contributed by atoms with Crippen molar-refractivity contribution in [2.45, 2.75) is 49.5 Å². The zero-order valence-corrected chi connectivity index (χ0v) is 19.6. The number of carbonyl (C=O) groups is 2. The average molecular weight is 479 g/mol. The molecule has 4 atom stereocenters. The van der Waals surface area contributed by atoms with Gasteiger partial charge >= 0.3 is 0 Å². The molecule has 0 spiro atoms. The van der Waals surface area contributed by atoms with Gasteiger partial charge in [0.15, 0.2) is 5.78 Å². The van der Waals surface area contributed by atoms with Crippen LogP contribution in [0.1, 0.15) is 41.9 Å². The molecule has 1 saturated heterocycles. The number of hydrogen-bond donors (Lipinski definition) is 3. The molecular weight excluding hydrogens is 452 g/mol. The van der Waals surface area contributed by atoms with Crippen molar-refractivity contribution in [3.63, 3.8) is 0 Å². The van der Waals surface area contributed by atoms with E-state index in [-0.39, 0.29) is 35.0 Å². The van der Waals surface area contributed by atoms with Gasteiger partial charge in [0.2, 0.25) is 5.91 Å². The van der Waals surface area contributed by atoms with E-state index >= 15 is 0 Å². The van der Waals surface area contributed by atoms with Gasteiger partial charge in [0.1, 0.15) is 5.50 Å². The highest BCUT2D eigenvalue weighted by molar-refractivity contribution is 7.99. The van der Waals surface area contributed by atoms with E-state index in [2.05, 4.69) is 16.0 Å². The number of amides is 1. The summed E-state index contributed by atoms with van der Waals surface area (Å²) in [6.07, 6.45) is 1.84. The second kappa shape index (κ2) is 9.23. The van der Waals surface area contributed by atoms with Crippen LogP contribution in [0, 0.1) is 23.0 Å². The fourth-order valence-corrected chi connectivity index (χ4v) is 6.03. The predicted octanol–water partition coefficient (Wildman–Crippen LogP) is 3.48. The van der Waals surface area contributed by atoms with Crippen molar-refractivity contribution in [1.29, 1.82) is 0 Å². The van der Waals surface area contributed by atoms with Crippen molar-refractivity contribution in [2.24, 2.45) is 5.92 Å². The number of hydrogen-bond acceptors (Lipinski definition) is 7.